The zero-order valence-corrected chi connectivity index (χ0v) is 12.8. The van der Waals surface area contributed by atoms with Gasteiger partial charge in [-0.05, 0) is 55.8 Å². The van der Waals surface area contributed by atoms with Gasteiger partial charge >= 0.3 is 0 Å². The molecule has 1 aliphatic heterocycles. The van der Waals surface area contributed by atoms with E-state index in [-0.39, 0.29) is 5.75 Å². The molecule has 1 aromatic rings. The first-order valence-corrected chi connectivity index (χ1v) is 8.06. The molecule has 1 saturated carbocycles. The molecule has 0 aromatic heterocycles. The highest BCUT2D eigenvalue weighted by Gasteiger charge is 2.26. The van der Waals surface area contributed by atoms with E-state index in [2.05, 4.69) is 16.3 Å². The summed E-state index contributed by atoms with van der Waals surface area (Å²) in [5.41, 5.74) is 1.16. The highest BCUT2D eigenvalue weighted by atomic mass is 16.5. The average molecular weight is 290 g/mol. The maximum absolute atomic E-state index is 9.93. The van der Waals surface area contributed by atoms with E-state index in [1.807, 2.05) is 12.1 Å². The molecule has 0 spiro atoms. The lowest BCUT2D eigenvalue weighted by Crippen LogP contribution is -2.38. The molecule has 2 N–H and O–H groups in total. The van der Waals surface area contributed by atoms with Crippen molar-refractivity contribution in [1.29, 1.82) is 0 Å². The Morgan fingerprint density at radius 2 is 2.14 bits per heavy atom. The number of ether oxygens (including phenoxy) is 1. The number of aromatic hydroxyl groups is 1. The number of phenolic OH excluding ortho intramolecular Hbond substituents is 1. The fourth-order valence-corrected chi connectivity index (χ4v) is 3.19. The summed E-state index contributed by atoms with van der Waals surface area (Å²) in [4.78, 5) is 2.54. The summed E-state index contributed by atoms with van der Waals surface area (Å²) >= 11 is 0. The standard InChI is InChI=1S/C17H26N2O2/c1-21-17-7-6-14(9-16(17)20)11-19(10-13-4-5-13)12-15-3-2-8-18-15/h6-7,9,13,15,18,20H,2-5,8,10-12H2,1H3. The molecule has 3 rings (SSSR count). The Morgan fingerprint density at radius 1 is 1.29 bits per heavy atom. The fourth-order valence-electron chi connectivity index (χ4n) is 3.19. The molecule has 1 saturated heterocycles. The predicted octanol–water partition coefficient (Wildman–Crippen LogP) is 2.36. The highest BCUT2D eigenvalue weighted by Crippen LogP contribution is 2.31. The van der Waals surface area contributed by atoms with Crippen molar-refractivity contribution in [1.82, 2.24) is 10.2 Å². The van der Waals surface area contributed by atoms with E-state index >= 15 is 0 Å². The highest BCUT2D eigenvalue weighted by molar-refractivity contribution is 5.41. The van der Waals surface area contributed by atoms with Crippen LogP contribution < -0.4 is 10.1 Å². The van der Waals surface area contributed by atoms with E-state index in [0.29, 0.717) is 11.8 Å². The summed E-state index contributed by atoms with van der Waals surface area (Å²) in [6.07, 6.45) is 5.34. The number of nitrogens with one attached hydrogen (secondary N) is 1. The Bertz CT molecular complexity index is 468. The van der Waals surface area contributed by atoms with Crippen LogP contribution >= 0.6 is 0 Å². The first-order valence-electron chi connectivity index (χ1n) is 8.06. The van der Waals surface area contributed by atoms with Crippen molar-refractivity contribution in [2.24, 2.45) is 5.92 Å². The summed E-state index contributed by atoms with van der Waals surface area (Å²) in [6, 6.07) is 6.38. The summed E-state index contributed by atoms with van der Waals surface area (Å²) in [5.74, 6) is 1.67. The number of phenols is 1. The van der Waals surface area contributed by atoms with E-state index in [9.17, 15) is 5.11 Å². The second kappa shape index (κ2) is 6.67. The van der Waals surface area contributed by atoms with Crippen LogP contribution in [0.4, 0.5) is 0 Å². The number of rotatable bonds is 7. The summed E-state index contributed by atoms with van der Waals surface area (Å²) in [7, 11) is 1.58. The molecular formula is C17H26N2O2. The van der Waals surface area contributed by atoms with Crippen LogP contribution in [0.15, 0.2) is 18.2 Å². The van der Waals surface area contributed by atoms with Crippen LogP contribution in [0.3, 0.4) is 0 Å². The van der Waals surface area contributed by atoms with E-state index in [1.54, 1.807) is 7.11 Å². The number of nitrogens with zero attached hydrogens (tertiary/aromatic N) is 1. The Kier molecular flexibility index (Phi) is 4.66. The van der Waals surface area contributed by atoms with Gasteiger partial charge in [0.2, 0.25) is 0 Å². The van der Waals surface area contributed by atoms with E-state index in [1.165, 1.54) is 32.2 Å². The molecule has 0 radical (unpaired) electrons. The zero-order chi connectivity index (χ0) is 14.7. The van der Waals surface area contributed by atoms with Gasteiger partial charge < -0.3 is 15.2 Å². The topological polar surface area (TPSA) is 44.7 Å². The molecule has 1 unspecified atom stereocenters. The summed E-state index contributed by atoms with van der Waals surface area (Å²) in [5, 5.41) is 13.5. The van der Waals surface area contributed by atoms with Crippen LogP contribution in [0.1, 0.15) is 31.2 Å². The van der Waals surface area contributed by atoms with Gasteiger partial charge in [0, 0.05) is 25.7 Å². The third-order valence-corrected chi connectivity index (χ3v) is 4.50. The number of hydrogen-bond donors (Lipinski definition) is 2. The molecule has 1 heterocycles. The number of benzene rings is 1. The fraction of sp³-hybridized carbons (Fsp3) is 0.647. The first kappa shape index (κ1) is 14.7. The van der Waals surface area contributed by atoms with Gasteiger partial charge in [0.15, 0.2) is 11.5 Å². The zero-order valence-electron chi connectivity index (χ0n) is 12.8. The van der Waals surface area contributed by atoms with Crippen molar-refractivity contribution in [3.63, 3.8) is 0 Å². The van der Waals surface area contributed by atoms with Gasteiger partial charge in [-0.3, -0.25) is 4.90 Å². The van der Waals surface area contributed by atoms with Crippen LogP contribution in [-0.4, -0.2) is 42.8 Å². The van der Waals surface area contributed by atoms with Crippen molar-refractivity contribution in [2.45, 2.75) is 38.3 Å². The van der Waals surface area contributed by atoms with Crippen LogP contribution in [0.25, 0.3) is 0 Å². The van der Waals surface area contributed by atoms with Gasteiger partial charge in [-0.25, -0.2) is 0 Å². The first-order chi connectivity index (χ1) is 10.2. The van der Waals surface area contributed by atoms with Gasteiger partial charge in [-0.2, -0.15) is 0 Å². The van der Waals surface area contributed by atoms with Gasteiger partial charge in [0.05, 0.1) is 7.11 Å². The molecule has 1 aliphatic carbocycles. The van der Waals surface area contributed by atoms with E-state index < -0.39 is 0 Å². The Morgan fingerprint density at radius 3 is 2.76 bits per heavy atom. The van der Waals surface area contributed by atoms with Crippen LogP contribution in [0.2, 0.25) is 0 Å². The summed E-state index contributed by atoms with van der Waals surface area (Å²) < 4.78 is 5.11. The normalized spacial score (nSPS) is 21.9. The van der Waals surface area contributed by atoms with Gasteiger partial charge in [0.1, 0.15) is 0 Å². The molecule has 2 aliphatic rings. The summed E-state index contributed by atoms with van der Waals surface area (Å²) in [6.45, 7) is 4.37. The monoisotopic (exact) mass is 290 g/mol. The average Bonchev–Trinajstić information content (AvgIpc) is 3.12. The Hall–Kier alpha value is -1.26. The lowest BCUT2D eigenvalue weighted by Gasteiger charge is -2.26. The molecule has 4 heteroatoms. The molecule has 4 nitrogen and oxygen atoms in total. The second-order valence-electron chi connectivity index (χ2n) is 6.44. The molecule has 116 valence electrons. The van der Waals surface area contributed by atoms with Crippen LogP contribution in [-0.2, 0) is 6.54 Å². The van der Waals surface area contributed by atoms with Crippen molar-refractivity contribution in [3.8, 4) is 11.5 Å². The van der Waals surface area contributed by atoms with E-state index in [0.717, 1.165) is 31.1 Å². The Balaban J connectivity index is 1.63. The van der Waals surface area contributed by atoms with Crippen molar-refractivity contribution >= 4 is 0 Å². The quantitative estimate of drug-likeness (QED) is 0.809. The minimum atomic E-state index is 0.236. The molecule has 0 amide bonds. The van der Waals surface area contributed by atoms with Gasteiger partial charge in [-0.15, -0.1) is 0 Å². The molecule has 0 bridgehead atoms. The largest absolute Gasteiger partial charge is 0.504 e. The molecular weight excluding hydrogens is 264 g/mol. The third-order valence-electron chi connectivity index (χ3n) is 4.50. The van der Waals surface area contributed by atoms with Crippen molar-refractivity contribution in [2.75, 3.05) is 26.7 Å². The smallest absolute Gasteiger partial charge is 0.160 e. The Labute approximate surface area is 127 Å². The van der Waals surface area contributed by atoms with Crippen molar-refractivity contribution in [3.05, 3.63) is 23.8 Å². The van der Waals surface area contributed by atoms with E-state index in [4.69, 9.17) is 4.74 Å². The lowest BCUT2D eigenvalue weighted by atomic mass is 10.1. The van der Waals surface area contributed by atoms with Gasteiger partial charge in [-0.1, -0.05) is 6.07 Å². The van der Waals surface area contributed by atoms with Gasteiger partial charge in [0.25, 0.3) is 0 Å². The van der Waals surface area contributed by atoms with Crippen LogP contribution in [0, 0.1) is 5.92 Å². The SMILES string of the molecule is COc1ccc(CN(CC2CC2)CC2CCCN2)cc1O. The predicted molar refractivity (Wildman–Crippen MR) is 83.7 cm³/mol. The number of methoxy groups -OCH3 is 1. The van der Waals surface area contributed by atoms with Crippen molar-refractivity contribution < 1.29 is 9.84 Å². The minimum Gasteiger partial charge on any atom is -0.504 e. The minimum absolute atomic E-state index is 0.236. The molecule has 1 aromatic carbocycles. The lowest BCUT2D eigenvalue weighted by molar-refractivity contribution is 0.231. The maximum atomic E-state index is 9.93. The molecule has 2 fully saturated rings. The number of hydrogen-bond acceptors (Lipinski definition) is 4. The molecule has 1 atom stereocenters. The second-order valence-corrected chi connectivity index (χ2v) is 6.44. The third kappa shape index (κ3) is 4.11. The maximum Gasteiger partial charge on any atom is 0.160 e. The molecule has 21 heavy (non-hydrogen) atoms. The van der Waals surface area contributed by atoms with Crippen LogP contribution in [0.5, 0.6) is 11.5 Å².